The first-order valence-corrected chi connectivity index (χ1v) is 4.55. The highest BCUT2D eigenvalue weighted by Gasteiger charge is 2.01. The van der Waals surface area contributed by atoms with E-state index < -0.39 is 0 Å². The quantitative estimate of drug-likeness (QED) is 0.705. The van der Waals surface area contributed by atoms with Gasteiger partial charge >= 0.3 is 0 Å². The third-order valence-corrected chi connectivity index (χ3v) is 2.19. The van der Waals surface area contributed by atoms with Crippen LogP contribution in [0.1, 0.15) is 10.7 Å². The fourth-order valence-electron chi connectivity index (χ4n) is 0.854. The molecule has 0 atom stereocenters. The zero-order valence-corrected chi connectivity index (χ0v) is 8.06. The molecule has 0 aliphatic rings. The minimum absolute atomic E-state index is 0.421. The Hall–Kier alpha value is -0.920. The van der Waals surface area contributed by atoms with Gasteiger partial charge in [-0.3, -0.25) is 0 Å². The third kappa shape index (κ3) is 2.61. The molecular weight excluding hydrogens is 170 g/mol. The lowest BCUT2D eigenvalue weighted by Crippen LogP contribution is -2.10. The van der Waals surface area contributed by atoms with Crippen molar-refractivity contribution < 1.29 is 0 Å². The fourth-order valence-corrected chi connectivity index (χ4v) is 1.77. The predicted molar refractivity (Wildman–Crippen MR) is 48.8 cm³/mol. The highest BCUT2D eigenvalue weighted by molar-refractivity contribution is 7.09. The van der Waals surface area contributed by atoms with Gasteiger partial charge in [0.2, 0.25) is 0 Å². The first kappa shape index (κ1) is 9.17. The molecule has 0 unspecified atom stereocenters. The zero-order valence-electron chi connectivity index (χ0n) is 7.24. The average Bonchev–Trinajstić information content (AvgIpc) is 2.36. The van der Waals surface area contributed by atoms with Crippen LogP contribution in [0.25, 0.3) is 0 Å². The summed E-state index contributed by atoms with van der Waals surface area (Å²) in [6, 6.07) is 2.08. The summed E-state index contributed by atoms with van der Waals surface area (Å²) in [5.41, 5.74) is 0.888. The first-order valence-electron chi connectivity index (χ1n) is 3.67. The van der Waals surface area contributed by atoms with Crippen LogP contribution in [0.5, 0.6) is 0 Å². The lowest BCUT2D eigenvalue weighted by atomic mass is 10.4. The summed E-state index contributed by atoms with van der Waals surface area (Å²) in [6.45, 7) is 0.857. The zero-order chi connectivity index (χ0) is 8.97. The smallest absolute Gasteiger partial charge is 0.107 e. The number of rotatable bonds is 3. The van der Waals surface area contributed by atoms with Crippen molar-refractivity contribution in [3.63, 3.8) is 0 Å². The van der Waals surface area contributed by atoms with E-state index in [1.54, 1.807) is 11.3 Å². The number of nitriles is 1. The van der Waals surface area contributed by atoms with Crippen LogP contribution >= 0.6 is 11.3 Å². The topological polar surface area (TPSA) is 39.9 Å². The van der Waals surface area contributed by atoms with Crippen LogP contribution in [0.15, 0.2) is 5.38 Å². The van der Waals surface area contributed by atoms with Crippen molar-refractivity contribution in [2.75, 3.05) is 14.1 Å². The van der Waals surface area contributed by atoms with E-state index in [2.05, 4.69) is 16.0 Å². The second-order valence-electron chi connectivity index (χ2n) is 2.81. The lowest BCUT2D eigenvalue weighted by Gasteiger charge is -2.04. The summed E-state index contributed by atoms with van der Waals surface area (Å²) in [7, 11) is 4.01. The van der Waals surface area contributed by atoms with Gasteiger partial charge in [-0.2, -0.15) is 5.26 Å². The summed E-state index contributed by atoms with van der Waals surface area (Å²) in [5, 5.41) is 11.4. The minimum atomic E-state index is 0.421. The summed E-state index contributed by atoms with van der Waals surface area (Å²) < 4.78 is 0. The molecule has 1 heterocycles. The van der Waals surface area contributed by atoms with Crippen molar-refractivity contribution in [2.45, 2.75) is 13.0 Å². The Morgan fingerprint density at radius 3 is 3.00 bits per heavy atom. The molecule has 0 N–H and O–H groups in total. The molecular formula is C8H11N3S. The molecule has 0 fully saturated rings. The summed E-state index contributed by atoms with van der Waals surface area (Å²) in [6.07, 6.45) is 0.421. The van der Waals surface area contributed by atoms with Gasteiger partial charge in [0.25, 0.3) is 0 Å². The van der Waals surface area contributed by atoms with Crippen molar-refractivity contribution in [1.29, 1.82) is 5.26 Å². The molecule has 4 heteroatoms. The molecule has 1 aromatic rings. The number of aromatic nitrogens is 1. The molecule has 0 aromatic carbocycles. The Bertz CT molecular complexity index is 285. The molecule has 12 heavy (non-hydrogen) atoms. The molecule has 0 saturated carbocycles. The second-order valence-corrected chi connectivity index (χ2v) is 3.75. The summed E-state index contributed by atoms with van der Waals surface area (Å²) in [4.78, 5) is 6.36. The molecule has 0 radical (unpaired) electrons. The molecule has 1 aromatic heterocycles. The molecule has 0 aliphatic carbocycles. The molecule has 0 spiro atoms. The van der Waals surface area contributed by atoms with Crippen LogP contribution in [-0.4, -0.2) is 24.0 Å². The maximum Gasteiger partial charge on any atom is 0.107 e. The van der Waals surface area contributed by atoms with Gasteiger partial charge in [-0.25, -0.2) is 4.98 Å². The Labute approximate surface area is 76.3 Å². The average molecular weight is 181 g/mol. The molecule has 64 valence electrons. The van der Waals surface area contributed by atoms with Crippen molar-refractivity contribution in [3.05, 3.63) is 16.1 Å². The van der Waals surface area contributed by atoms with Crippen LogP contribution in [0.4, 0.5) is 0 Å². The third-order valence-electron chi connectivity index (χ3n) is 1.31. The summed E-state index contributed by atoms with van der Waals surface area (Å²) >= 11 is 1.61. The van der Waals surface area contributed by atoms with Crippen molar-refractivity contribution in [1.82, 2.24) is 9.88 Å². The Morgan fingerprint density at radius 2 is 2.42 bits per heavy atom. The maximum atomic E-state index is 8.42. The Morgan fingerprint density at radius 1 is 1.67 bits per heavy atom. The van der Waals surface area contributed by atoms with E-state index in [1.807, 2.05) is 19.5 Å². The first-order chi connectivity index (χ1) is 5.72. The van der Waals surface area contributed by atoms with Gasteiger partial charge in [-0.15, -0.1) is 11.3 Å². The van der Waals surface area contributed by atoms with Crippen LogP contribution in [-0.2, 0) is 13.0 Å². The number of hydrogen-bond acceptors (Lipinski definition) is 4. The highest BCUT2D eigenvalue weighted by atomic mass is 32.1. The number of nitrogens with zero attached hydrogens (tertiary/aromatic N) is 3. The number of hydrogen-bond donors (Lipinski definition) is 0. The van der Waals surface area contributed by atoms with Crippen LogP contribution in [0.3, 0.4) is 0 Å². The Balaban J connectivity index is 2.59. The second kappa shape index (κ2) is 4.19. The predicted octanol–water partition coefficient (Wildman–Crippen LogP) is 1.27. The van der Waals surface area contributed by atoms with Gasteiger partial charge < -0.3 is 4.90 Å². The van der Waals surface area contributed by atoms with E-state index in [1.165, 1.54) is 0 Å². The van der Waals surface area contributed by atoms with Crippen LogP contribution in [0, 0.1) is 11.3 Å². The molecule has 0 saturated heterocycles. The van der Waals surface area contributed by atoms with Crippen LogP contribution < -0.4 is 0 Å². The van der Waals surface area contributed by atoms with E-state index in [4.69, 9.17) is 5.26 Å². The van der Waals surface area contributed by atoms with E-state index in [-0.39, 0.29) is 0 Å². The lowest BCUT2D eigenvalue weighted by molar-refractivity contribution is 0.401. The van der Waals surface area contributed by atoms with Crippen LogP contribution in [0.2, 0.25) is 0 Å². The normalized spacial score (nSPS) is 10.2. The SMILES string of the molecule is CN(C)Cc1nc(CC#N)cs1. The minimum Gasteiger partial charge on any atom is -0.303 e. The van der Waals surface area contributed by atoms with Gasteiger partial charge in [0, 0.05) is 11.9 Å². The van der Waals surface area contributed by atoms with Crippen molar-refractivity contribution >= 4 is 11.3 Å². The molecule has 0 aliphatic heterocycles. The van der Waals surface area contributed by atoms with Gasteiger partial charge in [0.05, 0.1) is 18.2 Å². The van der Waals surface area contributed by atoms with Gasteiger partial charge in [-0.1, -0.05) is 0 Å². The van der Waals surface area contributed by atoms with E-state index >= 15 is 0 Å². The Kier molecular flexibility index (Phi) is 3.20. The van der Waals surface area contributed by atoms with E-state index in [0.29, 0.717) is 6.42 Å². The maximum absolute atomic E-state index is 8.42. The monoisotopic (exact) mass is 181 g/mol. The van der Waals surface area contributed by atoms with Crippen molar-refractivity contribution in [2.24, 2.45) is 0 Å². The van der Waals surface area contributed by atoms with Gasteiger partial charge in [0.15, 0.2) is 0 Å². The molecule has 1 rings (SSSR count). The number of thiazole rings is 1. The molecule has 0 amide bonds. The van der Waals surface area contributed by atoms with E-state index in [0.717, 1.165) is 17.2 Å². The van der Waals surface area contributed by atoms with Crippen molar-refractivity contribution in [3.8, 4) is 6.07 Å². The molecule has 0 bridgehead atoms. The largest absolute Gasteiger partial charge is 0.303 e. The van der Waals surface area contributed by atoms with Gasteiger partial charge in [0.1, 0.15) is 5.01 Å². The summed E-state index contributed by atoms with van der Waals surface area (Å²) in [5.74, 6) is 0. The standard InChI is InChI=1S/C8H11N3S/c1-11(2)5-8-10-7(3-4-9)6-12-8/h6H,3,5H2,1-2H3. The fraction of sp³-hybridized carbons (Fsp3) is 0.500. The van der Waals surface area contributed by atoms with Gasteiger partial charge in [-0.05, 0) is 14.1 Å². The van der Waals surface area contributed by atoms with E-state index in [9.17, 15) is 0 Å². The molecule has 3 nitrogen and oxygen atoms in total. The highest BCUT2D eigenvalue weighted by Crippen LogP contribution is 2.11.